The van der Waals surface area contributed by atoms with Crippen LogP contribution in [0.3, 0.4) is 0 Å². The van der Waals surface area contributed by atoms with E-state index in [4.69, 9.17) is 10.2 Å². The fourth-order valence-electron chi connectivity index (χ4n) is 1.63. The number of rotatable bonds is 4. The Bertz CT molecular complexity index is 730. The molecule has 0 aliphatic heterocycles. The third-order valence-corrected chi connectivity index (χ3v) is 4.90. The number of halogens is 2. The Hall–Kier alpha value is -1.38. The normalized spacial score (nSPS) is 12.0. The summed E-state index contributed by atoms with van der Waals surface area (Å²) in [6.07, 6.45) is 0. The first kappa shape index (κ1) is 15.0. The fraction of sp³-hybridized carbons (Fsp3) is 0.167. The Balaban J connectivity index is 2.32. The van der Waals surface area contributed by atoms with E-state index in [9.17, 15) is 12.8 Å². The lowest BCUT2D eigenvalue weighted by Gasteiger charge is -2.16. The number of nitrogens with two attached hydrogens (primary N) is 1. The average Bonchev–Trinajstić information content (AvgIpc) is 2.77. The SMILES string of the molecule is CN(Cc1ccc(Br)o1)S(=O)(=O)c1cc(N)ccc1F. The lowest BCUT2D eigenvalue weighted by atomic mass is 10.3. The standard InChI is InChI=1S/C12H12BrFN2O3S/c1-16(7-9-3-5-12(13)19-9)20(17,18)11-6-8(15)2-4-10(11)14/h2-6H,7,15H2,1H3. The highest BCUT2D eigenvalue weighted by molar-refractivity contribution is 9.10. The van der Waals surface area contributed by atoms with Crippen molar-refractivity contribution >= 4 is 31.6 Å². The van der Waals surface area contributed by atoms with E-state index in [1.807, 2.05) is 0 Å². The monoisotopic (exact) mass is 362 g/mol. The van der Waals surface area contributed by atoms with Gasteiger partial charge >= 0.3 is 0 Å². The third-order valence-electron chi connectivity index (χ3n) is 2.65. The molecule has 1 aromatic heterocycles. The first-order chi connectivity index (χ1) is 9.30. The molecule has 0 atom stereocenters. The van der Waals surface area contributed by atoms with E-state index in [2.05, 4.69) is 15.9 Å². The number of anilines is 1. The highest BCUT2D eigenvalue weighted by Crippen LogP contribution is 2.23. The van der Waals surface area contributed by atoms with E-state index < -0.39 is 20.7 Å². The van der Waals surface area contributed by atoms with Crippen LogP contribution in [0.5, 0.6) is 0 Å². The van der Waals surface area contributed by atoms with Gasteiger partial charge in [0.25, 0.3) is 0 Å². The molecule has 1 aromatic carbocycles. The zero-order valence-corrected chi connectivity index (χ0v) is 12.9. The summed E-state index contributed by atoms with van der Waals surface area (Å²) in [5.41, 5.74) is 5.69. The Morgan fingerprint density at radius 2 is 2.05 bits per heavy atom. The van der Waals surface area contributed by atoms with Gasteiger partial charge < -0.3 is 10.2 Å². The van der Waals surface area contributed by atoms with Gasteiger partial charge in [-0.1, -0.05) is 0 Å². The molecule has 0 spiro atoms. The van der Waals surface area contributed by atoms with E-state index in [1.54, 1.807) is 12.1 Å². The first-order valence-electron chi connectivity index (χ1n) is 5.56. The van der Waals surface area contributed by atoms with Gasteiger partial charge in [0.2, 0.25) is 10.0 Å². The maximum absolute atomic E-state index is 13.7. The van der Waals surface area contributed by atoms with E-state index in [-0.39, 0.29) is 12.2 Å². The molecule has 0 radical (unpaired) electrons. The van der Waals surface area contributed by atoms with Crippen LogP contribution >= 0.6 is 15.9 Å². The Kier molecular flexibility index (Phi) is 4.17. The molecular formula is C12H12BrFN2O3S. The van der Waals surface area contributed by atoms with Gasteiger partial charge in [-0.05, 0) is 46.3 Å². The lowest BCUT2D eigenvalue weighted by molar-refractivity contribution is 0.396. The van der Waals surface area contributed by atoms with Gasteiger partial charge in [-0.25, -0.2) is 12.8 Å². The summed E-state index contributed by atoms with van der Waals surface area (Å²) in [6.45, 7) is -0.0117. The molecule has 8 heteroatoms. The molecule has 0 bridgehead atoms. The maximum atomic E-state index is 13.7. The van der Waals surface area contributed by atoms with E-state index in [0.29, 0.717) is 10.4 Å². The molecule has 5 nitrogen and oxygen atoms in total. The second-order valence-corrected chi connectivity index (χ2v) is 6.95. The molecule has 0 saturated carbocycles. The average molecular weight is 363 g/mol. The highest BCUT2D eigenvalue weighted by atomic mass is 79.9. The van der Waals surface area contributed by atoms with Crippen molar-refractivity contribution in [3.8, 4) is 0 Å². The lowest BCUT2D eigenvalue weighted by Crippen LogP contribution is -2.27. The van der Waals surface area contributed by atoms with Crippen LogP contribution in [0.4, 0.5) is 10.1 Å². The van der Waals surface area contributed by atoms with E-state index >= 15 is 0 Å². The summed E-state index contributed by atoms with van der Waals surface area (Å²) < 4.78 is 45.0. The molecule has 2 rings (SSSR count). The molecule has 0 unspecified atom stereocenters. The van der Waals surface area contributed by atoms with Crippen LogP contribution in [-0.2, 0) is 16.6 Å². The van der Waals surface area contributed by atoms with Crippen molar-refractivity contribution in [2.45, 2.75) is 11.4 Å². The van der Waals surface area contributed by atoms with Crippen LogP contribution in [0.15, 0.2) is 44.3 Å². The molecule has 2 N–H and O–H groups in total. The number of nitrogen functional groups attached to an aromatic ring is 1. The summed E-state index contributed by atoms with van der Waals surface area (Å²) in [5.74, 6) is -0.404. The van der Waals surface area contributed by atoms with Gasteiger partial charge in [0.1, 0.15) is 16.5 Å². The van der Waals surface area contributed by atoms with Crippen LogP contribution in [0.2, 0.25) is 0 Å². The Morgan fingerprint density at radius 1 is 1.35 bits per heavy atom. The maximum Gasteiger partial charge on any atom is 0.246 e. The molecule has 1 heterocycles. The predicted molar refractivity (Wildman–Crippen MR) is 75.9 cm³/mol. The second-order valence-electron chi connectivity index (χ2n) is 4.16. The van der Waals surface area contributed by atoms with Crippen molar-refractivity contribution in [1.29, 1.82) is 0 Å². The highest BCUT2D eigenvalue weighted by Gasteiger charge is 2.25. The fourth-order valence-corrected chi connectivity index (χ4v) is 3.20. The van der Waals surface area contributed by atoms with Crippen molar-refractivity contribution < 1.29 is 17.2 Å². The van der Waals surface area contributed by atoms with Gasteiger partial charge in [0, 0.05) is 12.7 Å². The molecule has 0 fully saturated rings. The number of furan rings is 1. The van der Waals surface area contributed by atoms with E-state index in [1.165, 1.54) is 13.1 Å². The summed E-state index contributed by atoms with van der Waals surface area (Å²) in [5, 5.41) is 0. The van der Waals surface area contributed by atoms with Crippen LogP contribution in [0.25, 0.3) is 0 Å². The quantitative estimate of drug-likeness (QED) is 0.848. The minimum Gasteiger partial charge on any atom is -0.453 e. The number of hydrogen-bond acceptors (Lipinski definition) is 4. The summed E-state index contributed by atoms with van der Waals surface area (Å²) in [6, 6.07) is 6.71. The smallest absolute Gasteiger partial charge is 0.246 e. The molecular weight excluding hydrogens is 351 g/mol. The summed E-state index contributed by atoms with van der Waals surface area (Å²) in [4.78, 5) is -0.453. The minimum absolute atomic E-state index is 0.0117. The van der Waals surface area contributed by atoms with Crippen LogP contribution in [-0.4, -0.2) is 19.8 Å². The van der Waals surface area contributed by atoms with E-state index in [0.717, 1.165) is 16.4 Å². The summed E-state index contributed by atoms with van der Waals surface area (Å²) >= 11 is 3.13. The molecule has 0 amide bonds. The zero-order valence-electron chi connectivity index (χ0n) is 10.5. The first-order valence-corrected chi connectivity index (χ1v) is 7.79. The van der Waals surface area contributed by atoms with Crippen LogP contribution in [0, 0.1) is 5.82 Å². The number of hydrogen-bond donors (Lipinski definition) is 1. The van der Waals surface area contributed by atoms with Crippen LogP contribution in [0.1, 0.15) is 5.76 Å². The zero-order chi connectivity index (χ0) is 14.9. The number of sulfonamides is 1. The Labute approximate surface area is 124 Å². The van der Waals surface area contributed by atoms with Gasteiger partial charge in [0.05, 0.1) is 6.54 Å². The van der Waals surface area contributed by atoms with Gasteiger partial charge in [-0.3, -0.25) is 0 Å². The van der Waals surface area contributed by atoms with Crippen molar-refractivity contribution in [3.05, 3.63) is 46.6 Å². The summed E-state index contributed by atoms with van der Waals surface area (Å²) in [7, 11) is -2.64. The predicted octanol–water partition coefficient (Wildman–Crippen LogP) is 2.58. The number of benzene rings is 1. The molecule has 0 aliphatic carbocycles. The van der Waals surface area contributed by atoms with Crippen LogP contribution < -0.4 is 5.73 Å². The molecule has 108 valence electrons. The van der Waals surface area contributed by atoms with Gasteiger partial charge in [0.15, 0.2) is 4.67 Å². The van der Waals surface area contributed by atoms with Crippen molar-refractivity contribution in [2.24, 2.45) is 0 Å². The van der Waals surface area contributed by atoms with Crippen molar-refractivity contribution in [3.63, 3.8) is 0 Å². The van der Waals surface area contributed by atoms with Crippen molar-refractivity contribution in [1.82, 2.24) is 4.31 Å². The molecule has 0 saturated heterocycles. The minimum atomic E-state index is -3.98. The van der Waals surface area contributed by atoms with Gasteiger partial charge in [-0.2, -0.15) is 4.31 Å². The third kappa shape index (κ3) is 3.02. The Morgan fingerprint density at radius 3 is 2.65 bits per heavy atom. The topological polar surface area (TPSA) is 76.5 Å². The molecule has 0 aliphatic rings. The largest absolute Gasteiger partial charge is 0.453 e. The molecule has 20 heavy (non-hydrogen) atoms. The molecule has 2 aromatic rings. The number of nitrogens with zero attached hydrogens (tertiary/aromatic N) is 1. The van der Waals surface area contributed by atoms with Gasteiger partial charge in [-0.15, -0.1) is 0 Å². The second kappa shape index (κ2) is 5.55. The van der Waals surface area contributed by atoms with Crippen molar-refractivity contribution in [2.75, 3.05) is 12.8 Å².